The normalized spacial score (nSPS) is 17.7. The van der Waals surface area contributed by atoms with Gasteiger partial charge in [-0.2, -0.15) is 0 Å². The second-order valence-corrected chi connectivity index (χ2v) is 10.4. The lowest BCUT2D eigenvalue weighted by atomic mass is 9.97. The molecule has 0 fully saturated rings. The van der Waals surface area contributed by atoms with Crippen LogP contribution in [0.1, 0.15) is 95.2 Å². The molecule has 0 aliphatic heterocycles. The van der Waals surface area contributed by atoms with Gasteiger partial charge in [-0.05, 0) is 75.5 Å². The van der Waals surface area contributed by atoms with E-state index in [0.717, 1.165) is 36.5 Å². The largest absolute Gasteiger partial charge is 0.381 e. The lowest BCUT2D eigenvalue weighted by Crippen LogP contribution is -2.14. The zero-order chi connectivity index (χ0) is 23.6. The minimum Gasteiger partial charge on any atom is -0.381 e. The summed E-state index contributed by atoms with van der Waals surface area (Å²) in [5.41, 5.74) is 7.55. The molecule has 0 amide bonds. The number of aryl methyl sites for hydroxylation is 2. The first-order valence-electron chi connectivity index (χ1n) is 12.9. The van der Waals surface area contributed by atoms with Crippen LogP contribution < -0.4 is 5.32 Å². The van der Waals surface area contributed by atoms with Crippen LogP contribution in [0, 0.1) is 6.92 Å². The summed E-state index contributed by atoms with van der Waals surface area (Å²) in [6.07, 6.45) is 19.0. The second kappa shape index (κ2) is 12.9. The van der Waals surface area contributed by atoms with Crippen LogP contribution in [0.15, 0.2) is 47.5 Å². The third kappa shape index (κ3) is 6.93. The van der Waals surface area contributed by atoms with Crippen molar-refractivity contribution in [2.75, 3.05) is 6.54 Å². The minimum absolute atomic E-state index is 0.819. The van der Waals surface area contributed by atoms with E-state index in [-0.39, 0.29) is 0 Å². The zero-order valence-electron chi connectivity index (χ0n) is 21.2. The molecular formula is C30H42N2S. The first kappa shape index (κ1) is 25.5. The van der Waals surface area contributed by atoms with E-state index in [9.17, 15) is 0 Å². The third-order valence-corrected chi connectivity index (χ3v) is 7.65. The quantitative estimate of drug-likeness (QED) is 0.349. The van der Waals surface area contributed by atoms with Gasteiger partial charge >= 0.3 is 0 Å². The highest BCUT2D eigenvalue weighted by Gasteiger charge is 2.19. The van der Waals surface area contributed by atoms with Gasteiger partial charge in [0.05, 0.1) is 0 Å². The molecule has 0 saturated heterocycles. The van der Waals surface area contributed by atoms with Gasteiger partial charge in [-0.1, -0.05) is 70.0 Å². The van der Waals surface area contributed by atoms with Crippen LogP contribution in [0.2, 0.25) is 0 Å². The number of rotatable bonds is 10. The fourth-order valence-corrected chi connectivity index (χ4v) is 5.80. The summed E-state index contributed by atoms with van der Waals surface area (Å²) in [4.78, 5) is 5.11. The van der Waals surface area contributed by atoms with Crippen LogP contribution in [0.25, 0.3) is 15.8 Å². The molecule has 0 spiro atoms. The highest BCUT2D eigenvalue weighted by molar-refractivity contribution is 7.23. The number of nitrogens with zero attached hydrogens (tertiary/aromatic N) is 1. The van der Waals surface area contributed by atoms with Crippen LogP contribution >= 0.6 is 11.3 Å². The van der Waals surface area contributed by atoms with E-state index in [1.54, 1.807) is 0 Å². The molecule has 178 valence electrons. The summed E-state index contributed by atoms with van der Waals surface area (Å²) in [7, 11) is 0. The Balaban J connectivity index is 2.00. The summed E-state index contributed by atoms with van der Waals surface area (Å²) in [6, 6.07) is 4.61. The van der Waals surface area contributed by atoms with E-state index in [1.165, 1.54) is 83.0 Å². The number of nitrogens with one attached hydrogen (secondary N) is 1. The smallest absolute Gasteiger partial charge is 0.126 e. The molecule has 0 saturated carbocycles. The van der Waals surface area contributed by atoms with Crippen LogP contribution in [-0.2, 0) is 6.42 Å². The van der Waals surface area contributed by atoms with Gasteiger partial charge < -0.3 is 5.32 Å². The average molecular weight is 463 g/mol. The Morgan fingerprint density at radius 3 is 2.73 bits per heavy atom. The van der Waals surface area contributed by atoms with Crippen molar-refractivity contribution >= 4 is 37.8 Å². The SMILES string of the molecule is C=C(NCC1=C/CCCCC/C=C\1)c1c(/N=C(\C)CCC)sc2c(C)ccc(CCCC)c12. The van der Waals surface area contributed by atoms with E-state index >= 15 is 0 Å². The minimum atomic E-state index is 0.819. The number of aliphatic imine (C=N–C) groups is 1. The fraction of sp³-hybridized carbons (Fsp3) is 0.500. The average Bonchev–Trinajstić information content (AvgIpc) is 3.23. The maximum Gasteiger partial charge on any atom is 0.126 e. The van der Waals surface area contributed by atoms with Crippen LogP contribution in [0.4, 0.5) is 5.00 Å². The van der Waals surface area contributed by atoms with Crippen molar-refractivity contribution in [2.45, 2.75) is 91.9 Å². The fourth-order valence-electron chi connectivity index (χ4n) is 4.51. The molecule has 1 heterocycles. The lowest BCUT2D eigenvalue weighted by Gasteiger charge is -2.14. The van der Waals surface area contributed by atoms with Gasteiger partial charge in [0.1, 0.15) is 5.00 Å². The van der Waals surface area contributed by atoms with Crippen molar-refractivity contribution in [3.05, 3.63) is 59.2 Å². The molecule has 3 heteroatoms. The van der Waals surface area contributed by atoms with Crippen LogP contribution in [0.5, 0.6) is 0 Å². The molecule has 0 atom stereocenters. The molecule has 0 unspecified atom stereocenters. The topological polar surface area (TPSA) is 24.4 Å². The summed E-state index contributed by atoms with van der Waals surface area (Å²) in [6.45, 7) is 14.2. The van der Waals surface area contributed by atoms with Crippen molar-refractivity contribution < 1.29 is 0 Å². The van der Waals surface area contributed by atoms with Gasteiger partial charge in [0.15, 0.2) is 0 Å². The Morgan fingerprint density at radius 1 is 1.12 bits per heavy atom. The van der Waals surface area contributed by atoms with Crippen molar-refractivity contribution in [2.24, 2.45) is 4.99 Å². The van der Waals surface area contributed by atoms with E-state index < -0.39 is 0 Å². The van der Waals surface area contributed by atoms with Crippen molar-refractivity contribution in [1.82, 2.24) is 5.32 Å². The number of fused-ring (bicyclic) bond motifs is 1. The van der Waals surface area contributed by atoms with Crippen LogP contribution in [-0.4, -0.2) is 12.3 Å². The maximum absolute atomic E-state index is 5.11. The Hall–Kier alpha value is -2.13. The van der Waals surface area contributed by atoms with Gasteiger partial charge in [-0.25, -0.2) is 4.99 Å². The molecule has 0 bridgehead atoms. The molecule has 2 aromatic rings. The molecule has 2 nitrogen and oxygen atoms in total. The summed E-state index contributed by atoms with van der Waals surface area (Å²) in [5, 5.41) is 6.17. The van der Waals surface area contributed by atoms with Gasteiger partial charge in [0.25, 0.3) is 0 Å². The van der Waals surface area contributed by atoms with E-state index in [4.69, 9.17) is 4.99 Å². The Kier molecular flexibility index (Phi) is 9.99. The molecule has 1 N–H and O–H groups in total. The molecule has 33 heavy (non-hydrogen) atoms. The third-order valence-electron chi connectivity index (χ3n) is 6.43. The highest BCUT2D eigenvalue weighted by atomic mass is 32.1. The lowest BCUT2D eigenvalue weighted by molar-refractivity contribution is 0.698. The number of benzene rings is 1. The molecule has 0 radical (unpaired) electrons. The number of thiophene rings is 1. The standard InChI is InChI=1S/C30H42N2S/c1-6-8-18-26-20-19-22(3)29-28(26)27(30(33-29)32-23(4)15-7-2)24(5)31-21-25-16-13-11-9-10-12-14-17-25/h13,16-17,19-20,31H,5-12,14-15,18,21H2,1-4H3/b16-13-,25-17+,32-23+. The van der Waals surface area contributed by atoms with E-state index in [1.807, 2.05) is 11.3 Å². The Bertz CT molecular complexity index is 1040. The molecule has 1 aromatic carbocycles. The molecule has 1 aromatic heterocycles. The number of allylic oxidation sites excluding steroid dienone is 2. The first-order valence-corrected chi connectivity index (χ1v) is 13.7. The summed E-state index contributed by atoms with van der Waals surface area (Å²) >= 11 is 1.83. The summed E-state index contributed by atoms with van der Waals surface area (Å²) < 4.78 is 1.37. The van der Waals surface area contributed by atoms with E-state index in [0.29, 0.717) is 0 Å². The predicted molar refractivity (Wildman–Crippen MR) is 150 cm³/mol. The van der Waals surface area contributed by atoms with E-state index in [2.05, 4.69) is 70.0 Å². The van der Waals surface area contributed by atoms with Gasteiger partial charge in [0, 0.05) is 33.6 Å². The molecule has 1 aliphatic rings. The monoisotopic (exact) mass is 462 g/mol. The predicted octanol–water partition coefficient (Wildman–Crippen LogP) is 9.45. The first-order chi connectivity index (χ1) is 16.0. The molecule has 1 aliphatic carbocycles. The summed E-state index contributed by atoms with van der Waals surface area (Å²) in [5.74, 6) is 0. The molecular weight excluding hydrogens is 420 g/mol. The second-order valence-electron chi connectivity index (χ2n) is 9.38. The van der Waals surface area contributed by atoms with Crippen molar-refractivity contribution in [3.63, 3.8) is 0 Å². The van der Waals surface area contributed by atoms with Gasteiger partial charge in [-0.15, -0.1) is 11.3 Å². The number of hydrogen-bond acceptors (Lipinski definition) is 3. The Morgan fingerprint density at radius 2 is 1.94 bits per heavy atom. The number of unbranched alkanes of at least 4 members (excludes halogenated alkanes) is 1. The van der Waals surface area contributed by atoms with Gasteiger partial charge in [-0.3, -0.25) is 0 Å². The number of hydrogen-bond donors (Lipinski definition) is 1. The van der Waals surface area contributed by atoms with Crippen molar-refractivity contribution in [3.8, 4) is 0 Å². The Labute approximate surface area is 205 Å². The van der Waals surface area contributed by atoms with Gasteiger partial charge in [0.2, 0.25) is 0 Å². The highest BCUT2D eigenvalue weighted by Crippen LogP contribution is 2.44. The zero-order valence-corrected chi connectivity index (χ0v) is 22.0. The molecule has 3 rings (SSSR count). The van der Waals surface area contributed by atoms with Crippen molar-refractivity contribution in [1.29, 1.82) is 0 Å². The maximum atomic E-state index is 5.11. The van der Waals surface area contributed by atoms with Crippen LogP contribution in [0.3, 0.4) is 0 Å².